The summed E-state index contributed by atoms with van der Waals surface area (Å²) in [6.45, 7) is 6.62. The molecule has 0 atom stereocenters. The first-order valence-electron chi connectivity index (χ1n) is 9.87. The van der Waals surface area contributed by atoms with E-state index in [2.05, 4.69) is 72.0 Å². The van der Waals surface area contributed by atoms with Crippen LogP contribution in [0, 0.1) is 0 Å². The summed E-state index contributed by atoms with van der Waals surface area (Å²) in [5, 5.41) is 1.35. The van der Waals surface area contributed by atoms with Gasteiger partial charge in [-0.05, 0) is 47.2 Å². The van der Waals surface area contributed by atoms with Gasteiger partial charge in [-0.3, -0.25) is 0 Å². The van der Waals surface area contributed by atoms with E-state index in [0.717, 1.165) is 28.1 Å². The van der Waals surface area contributed by atoms with Gasteiger partial charge in [-0.1, -0.05) is 63.2 Å². The Morgan fingerprint density at radius 1 is 1.00 bits per heavy atom. The Hall–Kier alpha value is -2.43. The number of thiophene rings is 1. The van der Waals surface area contributed by atoms with Crippen molar-refractivity contribution in [2.75, 3.05) is 11.9 Å². The molecule has 3 nitrogen and oxygen atoms in total. The maximum Gasteiger partial charge on any atom is 0.225 e. The van der Waals surface area contributed by atoms with Gasteiger partial charge in [0.2, 0.25) is 5.28 Å². The van der Waals surface area contributed by atoms with Crippen molar-refractivity contribution in [3.05, 3.63) is 70.3 Å². The first kappa shape index (κ1) is 19.9. The van der Waals surface area contributed by atoms with Crippen LogP contribution < -0.4 is 4.90 Å². The van der Waals surface area contributed by atoms with Crippen LogP contribution in [-0.4, -0.2) is 17.0 Å². The van der Waals surface area contributed by atoms with Crippen molar-refractivity contribution in [2.24, 2.45) is 0 Å². The zero-order chi connectivity index (χ0) is 20.5. The van der Waals surface area contributed by atoms with Gasteiger partial charge in [0.1, 0.15) is 10.6 Å². The lowest BCUT2D eigenvalue weighted by Gasteiger charge is -2.20. The number of aryl methyl sites for hydroxylation is 1. The first-order chi connectivity index (χ1) is 14.0. The molecule has 2 aromatic heterocycles. The molecule has 5 heteroatoms. The van der Waals surface area contributed by atoms with E-state index in [0.29, 0.717) is 5.92 Å². The third kappa shape index (κ3) is 3.75. The van der Waals surface area contributed by atoms with E-state index in [4.69, 9.17) is 11.6 Å². The fourth-order valence-electron chi connectivity index (χ4n) is 3.61. The van der Waals surface area contributed by atoms with Gasteiger partial charge in [-0.25, -0.2) is 4.98 Å². The number of para-hydroxylation sites is 1. The summed E-state index contributed by atoms with van der Waals surface area (Å²) >= 11 is 8.03. The van der Waals surface area contributed by atoms with Gasteiger partial charge < -0.3 is 4.90 Å². The number of anilines is 2. The molecule has 0 saturated heterocycles. The zero-order valence-corrected chi connectivity index (χ0v) is 18.7. The predicted molar refractivity (Wildman–Crippen MR) is 126 cm³/mol. The van der Waals surface area contributed by atoms with Crippen molar-refractivity contribution in [2.45, 2.75) is 33.1 Å². The third-order valence-corrected chi connectivity index (χ3v) is 6.62. The summed E-state index contributed by atoms with van der Waals surface area (Å²) in [7, 11) is 2.03. The van der Waals surface area contributed by atoms with Crippen molar-refractivity contribution < 1.29 is 0 Å². The van der Waals surface area contributed by atoms with Gasteiger partial charge >= 0.3 is 0 Å². The average molecular weight is 422 g/mol. The number of fused-ring (bicyclic) bond motifs is 1. The molecule has 0 aliphatic heterocycles. The van der Waals surface area contributed by atoms with Crippen LogP contribution in [0.25, 0.3) is 21.3 Å². The molecule has 4 rings (SSSR count). The third-order valence-electron chi connectivity index (χ3n) is 5.23. The van der Waals surface area contributed by atoms with E-state index in [1.807, 2.05) is 25.2 Å². The second-order valence-electron chi connectivity index (χ2n) is 7.42. The van der Waals surface area contributed by atoms with Crippen LogP contribution in [0.2, 0.25) is 5.28 Å². The molecule has 0 aliphatic carbocycles. The van der Waals surface area contributed by atoms with Gasteiger partial charge in [0.05, 0.1) is 5.39 Å². The Morgan fingerprint density at radius 3 is 2.31 bits per heavy atom. The SMILES string of the molecule is CCc1sc2nc(Cl)nc(N(C)c3ccccc3)c2c1-c1ccc(C(C)C)cc1. The molecule has 0 unspecified atom stereocenters. The Labute approximate surface area is 181 Å². The number of rotatable bonds is 5. The second-order valence-corrected chi connectivity index (χ2v) is 8.84. The molecule has 0 N–H and O–H groups in total. The highest BCUT2D eigenvalue weighted by Gasteiger charge is 2.22. The van der Waals surface area contributed by atoms with Gasteiger partial charge in [0, 0.05) is 23.2 Å². The maximum absolute atomic E-state index is 6.32. The number of hydrogen-bond acceptors (Lipinski definition) is 4. The first-order valence-corrected chi connectivity index (χ1v) is 11.1. The van der Waals surface area contributed by atoms with Crippen LogP contribution in [0.1, 0.15) is 37.1 Å². The molecular weight excluding hydrogens is 398 g/mol. The van der Waals surface area contributed by atoms with Crippen molar-refractivity contribution in [3.8, 4) is 11.1 Å². The number of benzene rings is 2. The molecule has 0 aliphatic rings. The summed E-state index contributed by atoms with van der Waals surface area (Å²) in [5.74, 6) is 1.35. The minimum absolute atomic E-state index is 0.279. The molecule has 2 heterocycles. The lowest BCUT2D eigenvalue weighted by molar-refractivity contribution is 0.867. The summed E-state index contributed by atoms with van der Waals surface area (Å²) < 4.78 is 0. The van der Waals surface area contributed by atoms with Crippen molar-refractivity contribution in [1.29, 1.82) is 0 Å². The number of halogens is 1. The van der Waals surface area contributed by atoms with Crippen LogP contribution >= 0.6 is 22.9 Å². The molecule has 0 amide bonds. The predicted octanol–water partition coefficient (Wildman–Crippen LogP) is 7.47. The van der Waals surface area contributed by atoms with E-state index in [1.54, 1.807) is 11.3 Å². The van der Waals surface area contributed by atoms with Crippen molar-refractivity contribution >= 4 is 44.7 Å². The maximum atomic E-state index is 6.32. The van der Waals surface area contributed by atoms with Gasteiger partial charge in [0.25, 0.3) is 0 Å². The van der Waals surface area contributed by atoms with E-state index in [9.17, 15) is 0 Å². The van der Waals surface area contributed by atoms with Crippen LogP contribution in [0.3, 0.4) is 0 Å². The molecule has 0 fully saturated rings. The van der Waals surface area contributed by atoms with Gasteiger partial charge in [-0.15, -0.1) is 11.3 Å². The monoisotopic (exact) mass is 421 g/mol. The van der Waals surface area contributed by atoms with Gasteiger partial charge in [-0.2, -0.15) is 4.98 Å². The Kier molecular flexibility index (Phi) is 5.57. The molecule has 29 heavy (non-hydrogen) atoms. The lowest BCUT2D eigenvalue weighted by atomic mass is 9.97. The van der Waals surface area contributed by atoms with Gasteiger partial charge in [0.15, 0.2) is 0 Å². The van der Waals surface area contributed by atoms with E-state index in [-0.39, 0.29) is 5.28 Å². The summed E-state index contributed by atoms with van der Waals surface area (Å²) in [4.78, 5) is 13.5. The van der Waals surface area contributed by atoms with Crippen LogP contribution in [-0.2, 0) is 6.42 Å². The van der Waals surface area contributed by atoms with Crippen LogP contribution in [0.15, 0.2) is 54.6 Å². The Morgan fingerprint density at radius 2 is 1.69 bits per heavy atom. The van der Waals surface area contributed by atoms with Crippen LogP contribution in [0.4, 0.5) is 11.5 Å². The highest BCUT2D eigenvalue weighted by Crippen LogP contribution is 2.44. The fourth-order valence-corrected chi connectivity index (χ4v) is 4.95. The highest BCUT2D eigenvalue weighted by molar-refractivity contribution is 7.19. The largest absolute Gasteiger partial charge is 0.329 e. The number of hydrogen-bond donors (Lipinski definition) is 0. The normalized spacial score (nSPS) is 11.4. The van der Waals surface area contributed by atoms with Crippen molar-refractivity contribution in [1.82, 2.24) is 9.97 Å². The van der Waals surface area contributed by atoms with E-state index < -0.39 is 0 Å². The molecule has 2 aromatic carbocycles. The Balaban J connectivity index is 1.96. The molecule has 0 bridgehead atoms. The highest BCUT2D eigenvalue weighted by atomic mass is 35.5. The molecule has 0 spiro atoms. The van der Waals surface area contributed by atoms with Crippen molar-refractivity contribution in [3.63, 3.8) is 0 Å². The Bertz CT molecular complexity index is 1130. The number of aromatic nitrogens is 2. The van der Waals surface area contributed by atoms with E-state index in [1.165, 1.54) is 21.6 Å². The molecule has 0 radical (unpaired) electrons. The fraction of sp³-hybridized carbons (Fsp3) is 0.250. The molecule has 0 saturated carbocycles. The van der Waals surface area contributed by atoms with Crippen LogP contribution in [0.5, 0.6) is 0 Å². The van der Waals surface area contributed by atoms with E-state index >= 15 is 0 Å². The average Bonchev–Trinajstić information content (AvgIpc) is 3.11. The lowest BCUT2D eigenvalue weighted by Crippen LogP contribution is -2.12. The zero-order valence-electron chi connectivity index (χ0n) is 17.1. The smallest absolute Gasteiger partial charge is 0.225 e. The minimum Gasteiger partial charge on any atom is -0.329 e. The quantitative estimate of drug-likeness (QED) is 0.313. The summed E-state index contributed by atoms with van der Waals surface area (Å²) in [5.41, 5.74) is 4.82. The summed E-state index contributed by atoms with van der Waals surface area (Å²) in [6.07, 6.45) is 0.939. The second kappa shape index (κ2) is 8.13. The molecule has 148 valence electrons. The summed E-state index contributed by atoms with van der Waals surface area (Å²) in [6, 6.07) is 19.1. The number of nitrogens with zero attached hydrogens (tertiary/aromatic N) is 3. The standard InChI is InChI=1S/C24H24ClN3S/c1-5-19-20(17-13-11-16(12-14-17)15(2)3)21-22(26-24(25)27-23(21)29-19)28(4)18-9-7-6-8-10-18/h6-15H,5H2,1-4H3. The minimum atomic E-state index is 0.279. The molecular formula is C24H24ClN3S. The topological polar surface area (TPSA) is 29.0 Å². The molecule has 4 aromatic rings.